The molecule has 0 saturated heterocycles. The molecule has 3 rings (SSSR count). The van der Waals surface area contributed by atoms with Crippen molar-refractivity contribution < 1.29 is 9.90 Å². The second-order valence-corrected chi connectivity index (χ2v) is 7.39. The van der Waals surface area contributed by atoms with Crippen LogP contribution < -0.4 is 0 Å². The first kappa shape index (κ1) is 20.3. The second-order valence-electron chi connectivity index (χ2n) is 6.98. The summed E-state index contributed by atoms with van der Waals surface area (Å²) < 4.78 is 0. The third-order valence-electron chi connectivity index (χ3n) is 5.20. The van der Waals surface area contributed by atoms with Crippen molar-refractivity contribution in [3.8, 4) is 0 Å². The van der Waals surface area contributed by atoms with E-state index in [-0.39, 0.29) is 5.78 Å². The van der Waals surface area contributed by atoms with Crippen molar-refractivity contribution >= 4 is 34.0 Å². The van der Waals surface area contributed by atoms with Crippen LogP contribution in [-0.2, 0) is 11.2 Å². The zero-order valence-electron chi connectivity index (χ0n) is 16.6. The molecule has 1 atom stereocenters. The molecule has 0 saturated carbocycles. The Morgan fingerprint density at radius 1 is 1.25 bits per heavy atom. The molecule has 2 N–H and O–H groups in total. The van der Waals surface area contributed by atoms with Crippen LogP contribution in [0.25, 0.3) is 16.6 Å². The van der Waals surface area contributed by atoms with Gasteiger partial charge < -0.3 is 10.1 Å². The number of halogens is 1. The van der Waals surface area contributed by atoms with Crippen molar-refractivity contribution in [1.82, 2.24) is 9.97 Å². The smallest absolute Gasteiger partial charge is 0.160 e. The zero-order chi connectivity index (χ0) is 20.4. The summed E-state index contributed by atoms with van der Waals surface area (Å²) in [7, 11) is 0. The van der Waals surface area contributed by atoms with E-state index in [2.05, 4.69) is 9.97 Å². The van der Waals surface area contributed by atoms with Gasteiger partial charge in [-0.25, -0.2) is 4.98 Å². The Morgan fingerprint density at radius 2 is 1.96 bits per heavy atom. The summed E-state index contributed by atoms with van der Waals surface area (Å²) in [6, 6.07) is 9.24. The number of aromatic amines is 1. The molecule has 2 aromatic heterocycles. The fourth-order valence-electron chi connectivity index (χ4n) is 3.65. The van der Waals surface area contributed by atoms with Crippen molar-refractivity contribution in [2.45, 2.75) is 46.6 Å². The van der Waals surface area contributed by atoms with Crippen LogP contribution >= 0.6 is 11.6 Å². The van der Waals surface area contributed by atoms with Gasteiger partial charge in [0, 0.05) is 44.6 Å². The largest absolute Gasteiger partial charge is 0.384 e. The van der Waals surface area contributed by atoms with Crippen molar-refractivity contribution in [2.75, 3.05) is 0 Å². The number of aryl methyl sites for hydroxylation is 1. The van der Waals surface area contributed by atoms with Crippen LogP contribution in [0, 0.1) is 0 Å². The predicted octanol–water partition coefficient (Wildman–Crippen LogP) is 5.63. The molecule has 1 unspecified atom stereocenters. The van der Waals surface area contributed by atoms with Gasteiger partial charge in [0.25, 0.3) is 0 Å². The molecule has 2 heterocycles. The van der Waals surface area contributed by atoms with Crippen LogP contribution in [0.4, 0.5) is 0 Å². The molecular weight excluding hydrogens is 372 g/mol. The van der Waals surface area contributed by atoms with E-state index in [1.54, 1.807) is 19.2 Å². The number of nitrogens with one attached hydrogen (secondary N) is 1. The maximum Gasteiger partial charge on any atom is 0.160 e. The number of fused-ring (bicyclic) bond motifs is 1. The zero-order valence-corrected chi connectivity index (χ0v) is 17.4. The lowest BCUT2D eigenvalue weighted by atomic mass is 9.94. The van der Waals surface area contributed by atoms with E-state index < -0.39 is 6.10 Å². The monoisotopic (exact) mass is 396 g/mol. The highest BCUT2D eigenvalue weighted by Gasteiger charge is 2.23. The number of carbonyl (C=O) groups excluding carboxylic acids is 1. The van der Waals surface area contributed by atoms with Gasteiger partial charge in [0.05, 0.1) is 0 Å². The Kier molecular flexibility index (Phi) is 6.01. The molecule has 0 amide bonds. The standard InChI is InChI=1S/C23H25ClN2O2/c1-5-13(3)20(14(4)27)15-11-17-21(19(6-2)26-23(17)25-12-15)22(28)16-9-7-8-10-18(16)24/h7-12,22,28H,5-6H2,1-4H3,(H,25,26)/b20-13+. The number of rotatable bonds is 6. The van der Waals surface area contributed by atoms with Crippen LogP contribution in [0.15, 0.2) is 42.1 Å². The first-order valence-corrected chi connectivity index (χ1v) is 9.90. The molecule has 1 aromatic carbocycles. The molecule has 0 bridgehead atoms. The van der Waals surface area contributed by atoms with Gasteiger partial charge in [-0.05, 0) is 38.8 Å². The average molecular weight is 397 g/mol. The number of aromatic nitrogens is 2. The topological polar surface area (TPSA) is 66.0 Å². The van der Waals surface area contributed by atoms with Gasteiger partial charge in [0.2, 0.25) is 0 Å². The molecule has 0 aliphatic heterocycles. The summed E-state index contributed by atoms with van der Waals surface area (Å²) in [5.74, 6) is 0.0138. The van der Waals surface area contributed by atoms with Gasteiger partial charge in [-0.15, -0.1) is 0 Å². The number of pyridine rings is 1. The minimum absolute atomic E-state index is 0.0138. The van der Waals surface area contributed by atoms with Crippen LogP contribution in [0.1, 0.15) is 62.6 Å². The molecule has 3 aromatic rings. The lowest BCUT2D eigenvalue weighted by Gasteiger charge is -2.15. The van der Waals surface area contributed by atoms with Crippen LogP contribution in [0.2, 0.25) is 5.02 Å². The Bertz CT molecular complexity index is 1070. The fourth-order valence-corrected chi connectivity index (χ4v) is 3.89. The molecule has 0 aliphatic rings. The number of carbonyl (C=O) groups is 1. The van der Waals surface area contributed by atoms with Gasteiger partial charge in [0.15, 0.2) is 5.78 Å². The van der Waals surface area contributed by atoms with E-state index in [4.69, 9.17) is 11.6 Å². The van der Waals surface area contributed by atoms with Gasteiger partial charge in [-0.3, -0.25) is 4.79 Å². The molecule has 0 fully saturated rings. The SMILES string of the molecule is CC/C(C)=C(\C(C)=O)c1cnc2[nH]c(CC)c(C(O)c3ccccc3Cl)c2c1. The number of aliphatic hydroxyl groups excluding tert-OH is 1. The number of benzene rings is 1. The lowest BCUT2D eigenvalue weighted by molar-refractivity contribution is -0.111. The summed E-state index contributed by atoms with van der Waals surface area (Å²) >= 11 is 6.33. The summed E-state index contributed by atoms with van der Waals surface area (Å²) in [6.45, 7) is 7.60. The van der Waals surface area contributed by atoms with E-state index in [1.807, 2.05) is 45.0 Å². The minimum atomic E-state index is -0.883. The Hall–Kier alpha value is -2.43. The Morgan fingerprint density at radius 3 is 2.57 bits per heavy atom. The van der Waals surface area contributed by atoms with E-state index >= 15 is 0 Å². The molecule has 28 heavy (non-hydrogen) atoms. The quantitative estimate of drug-likeness (QED) is 0.530. The highest BCUT2D eigenvalue weighted by Crippen LogP contribution is 2.36. The van der Waals surface area contributed by atoms with Crippen LogP contribution in [0.3, 0.4) is 0 Å². The fraction of sp³-hybridized carbons (Fsp3) is 0.304. The number of nitrogens with zero attached hydrogens (tertiary/aromatic N) is 1. The summed E-state index contributed by atoms with van der Waals surface area (Å²) in [5, 5.41) is 12.5. The van der Waals surface area contributed by atoms with E-state index in [9.17, 15) is 9.90 Å². The minimum Gasteiger partial charge on any atom is -0.384 e. The van der Waals surface area contributed by atoms with Crippen LogP contribution in [-0.4, -0.2) is 20.9 Å². The molecule has 5 heteroatoms. The predicted molar refractivity (Wildman–Crippen MR) is 115 cm³/mol. The molecular formula is C23H25ClN2O2. The van der Waals surface area contributed by atoms with Gasteiger partial charge in [0.1, 0.15) is 11.8 Å². The average Bonchev–Trinajstić information content (AvgIpc) is 3.05. The number of allylic oxidation sites excluding steroid dienone is 2. The number of hydrogen-bond donors (Lipinski definition) is 2. The normalized spacial score (nSPS) is 13.5. The van der Waals surface area contributed by atoms with Crippen molar-refractivity contribution in [3.05, 3.63) is 69.5 Å². The van der Waals surface area contributed by atoms with E-state index in [1.165, 1.54) is 0 Å². The second kappa shape index (κ2) is 8.29. The molecule has 0 spiro atoms. The Balaban J connectivity index is 2.25. The number of ketones is 1. The summed E-state index contributed by atoms with van der Waals surface area (Å²) in [6.07, 6.45) is 2.34. The summed E-state index contributed by atoms with van der Waals surface area (Å²) in [4.78, 5) is 20.1. The van der Waals surface area contributed by atoms with Gasteiger partial charge >= 0.3 is 0 Å². The number of H-pyrrole nitrogens is 1. The third kappa shape index (κ3) is 3.62. The van der Waals surface area contributed by atoms with E-state index in [0.717, 1.165) is 34.2 Å². The number of Topliss-reactive ketones (excluding diaryl/α,β-unsaturated/α-hetero) is 1. The summed E-state index contributed by atoms with van der Waals surface area (Å²) in [5.41, 5.74) is 5.50. The first-order chi connectivity index (χ1) is 13.4. The van der Waals surface area contributed by atoms with Gasteiger partial charge in [-0.1, -0.05) is 49.2 Å². The van der Waals surface area contributed by atoms with Gasteiger partial charge in [-0.2, -0.15) is 0 Å². The first-order valence-electron chi connectivity index (χ1n) is 9.53. The van der Waals surface area contributed by atoms with Crippen molar-refractivity contribution in [2.24, 2.45) is 0 Å². The molecule has 146 valence electrons. The highest BCUT2D eigenvalue weighted by molar-refractivity contribution is 6.31. The molecule has 0 radical (unpaired) electrons. The van der Waals surface area contributed by atoms with Crippen molar-refractivity contribution in [1.29, 1.82) is 0 Å². The Labute approximate surface area is 170 Å². The lowest BCUT2D eigenvalue weighted by Crippen LogP contribution is -2.04. The third-order valence-corrected chi connectivity index (χ3v) is 5.54. The number of hydrogen-bond acceptors (Lipinski definition) is 3. The maximum atomic E-state index is 12.3. The highest BCUT2D eigenvalue weighted by atomic mass is 35.5. The molecule has 0 aliphatic carbocycles. The van der Waals surface area contributed by atoms with Crippen molar-refractivity contribution in [3.63, 3.8) is 0 Å². The molecule has 4 nitrogen and oxygen atoms in total. The van der Waals surface area contributed by atoms with Crippen LogP contribution in [0.5, 0.6) is 0 Å². The maximum absolute atomic E-state index is 12.3. The van der Waals surface area contributed by atoms with E-state index in [0.29, 0.717) is 28.2 Å². The number of aliphatic hydroxyl groups is 1.